The van der Waals surface area contributed by atoms with E-state index in [9.17, 15) is 0 Å². The fraction of sp³-hybridized carbons (Fsp3) is 1.00. The molecule has 0 aromatic heterocycles. The molecule has 2 atom stereocenters. The van der Waals surface area contributed by atoms with Gasteiger partial charge in [0.1, 0.15) is 0 Å². The maximum atomic E-state index is 3.91. The molecule has 2 fully saturated rings. The van der Waals surface area contributed by atoms with Crippen molar-refractivity contribution in [3.8, 4) is 0 Å². The summed E-state index contributed by atoms with van der Waals surface area (Å²) in [6.45, 7) is 10.9. The van der Waals surface area contributed by atoms with Crippen LogP contribution >= 0.6 is 0 Å². The number of hydrogen-bond acceptors (Lipinski definition) is 2. The van der Waals surface area contributed by atoms with Crippen LogP contribution < -0.4 is 5.32 Å². The van der Waals surface area contributed by atoms with E-state index in [4.69, 9.17) is 0 Å². The van der Waals surface area contributed by atoms with Crippen LogP contribution in [0.5, 0.6) is 0 Å². The van der Waals surface area contributed by atoms with Gasteiger partial charge in [-0.25, -0.2) is 0 Å². The normalized spacial score (nSPS) is 33.5. The third kappa shape index (κ3) is 3.98. The largest absolute Gasteiger partial charge is 0.311 e. The van der Waals surface area contributed by atoms with Crippen molar-refractivity contribution < 1.29 is 0 Å². The van der Waals surface area contributed by atoms with Crippen molar-refractivity contribution in [1.29, 1.82) is 0 Å². The van der Waals surface area contributed by atoms with Crippen LogP contribution in [0, 0.1) is 5.92 Å². The first-order valence-electron chi connectivity index (χ1n) is 9.18. The minimum absolute atomic E-state index is 0.388. The molecule has 2 heteroatoms. The Morgan fingerprint density at radius 2 is 1.85 bits per heavy atom. The first-order valence-corrected chi connectivity index (χ1v) is 9.18. The van der Waals surface area contributed by atoms with Gasteiger partial charge in [0.15, 0.2) is 0 Å². The summed E-state index contributed by atoms with van der Waals surface area (Å²) >= 11 is 0. The van der Waals surface area contributed by atoms with Gasteiger partial charge in [0.2, 0.25) is 0 Å². The molecule has 20 heavy (non-hydrogen) atoms. The molecule has 1 N–H and O–H groups in total. The van der Waals surface area contributed by atoms with Crippen LogP contribution in [0.1, 0.15) is 78.6 Å². The summed E-state index contributed by atoms with van der Waals surface area (Å²) in [7, 11) is 0. The summed E-state index contributed by atoms with van der Waals surface area (Å²) in [5, 5.41) is 3.91. The van der Waals surface area contributed by atoms with Gasteiger partial charge >= 0.3 is 0 Å². The molecule has 1 heterocycles. The number of hydrogen-bond donors (Lipinski definition) is 1. The Hall–Kier alpha value is -0.0800. The second-order valence-electron chi connectivity index (χ2n) is 7.39. The Morgan fingerprint density at radius 1 is 1.10 bits per heavy atom. The lowest BCUT2D eigenvalue weighted by molar-refractivity contribution is 0.0283. The lowest BCUT2D eigenvalue weighted by Crippen LogP contribution is -2.64. The summed E-state index contributed by atoms with van der Waals surface area (Å²) in [4.78, 5) is 2.82. The van der Waals surface area contributed by atoms with Gasteiger partial charge in [-0.3, -0.25) is 4.90 Å². The molecule has 0 aromatic carbocycles. The molecule has 1 aliphatic heterocycles. The van der Waals surface area contributed by atoms with Gasteiger partial charge < -0.3 is 5.32 Å². The van der Waals surface area contributed by atoms with Crippen LogP contribution in [0.3, 0.4) is 0 Å². The molecule has 118 valence electrons. The van der Waals surface area contributed by atoms with Crippen molar-refractivity contribution in [3.05, 3.63) is 0 Å². The summed E-state index contributed by atoms with van der Waals surface area (Å²) in [5.41, 5.74) is 0.388. The fourth-order valence-electron chi connectivity index (χ4n) is 4.10. The van der Waals surface area contributed by atoms with E-state index in [1.807, 2.05) is 0 Å². The number of nitrogens with one attached hydrogen (secondary N) is 1. The van der Waals surface area contributed by atoms with Crippen molar-refractivity contribution in [2.24, 2.45) is 5.92 Å². The minimum atomic E-state index is 0.388. The van der Waals surface area contributed by atoms with Crippen LogP contribution in [0.2, 0.25) is 0 Å². The van der Waals surface area contributed by atoms with E-state index in [2.05, 4.69) is 31.0 Å². The van der Waals surface area contributed by atoms with Crippen LogP contribution in [0.15, 0.2) is 0 Å². The molecule has 1 aliphatic carbocycles. The van der Waals surface area contributed by atoms with Gasteiger partial charge in [-0.15, -0.1) is 0 Å². The molecule has 0 spiro atoms. The van der Waals surface area contributed by atoms with E-state index >= 15 is 0 Å². The average Bonchev–Trinajstić information content (AvgIpc) is 2.50. The van der Waals surface area contributed by atoms with E-state index < -0.39 is 0 Å². The van der Waals surface area contributed by atoms with Crippen LogP contribution in [0.25, 0.3) is 0 Å². The minimum Gasteiger partial charge on any atom is -0.311 e. The van der Waals surface area contributed by atoms with Crippen molar-refractivity contribution in [1.82, 2.24) is 10.2 Å². The first kappa shape index (κ1) is 16.3. The molecule has 2 unspecified atom stereocenters. The van der Waals surface area contributed by atoms with Crippen LogP contribution in [0.4, 0.5) is 0 Å². The van der Waals surface area contributed by atoms with Gasteiger partial charge in [-0.1, -0.05) is 46.0 Å². The highest BCUT2D eigenvalue weighted by Crippen LogP contribution is 2.31. The Morgan fingerprint density at radius 3 is 2.50 bits per heavy atom. The van der Waals surface area contributed by atoms with Gasteiger partial charge in [-0.05, 0) is 45.1 Å². The zero-order valence-corrected chi connectivity index (χ0v) is 14.1. The Bertz CT molecular complexity index is 273. The lowest BCUT2D eigenvalue weighted by Gasteiger charge is -2.50. The molecule has 2 nitrogen and oxygen atoms in total. The first-order chi connectivity index (χ1) is 9.69. The molecule has 0 aromatic rings. The van der Waals surface area contributed by atoms with E-state index in [-0.39, 0.29) is 0 Å². The molecule has 0 bridgehead atoms. The van der Waals surface area contributed by atoms with Crippen LogP contribution in [-0.4, -0.2) is 36.1 Å². The quantitative estimate of drug-likeness (QED) is 0.734. The van der Waals surface area contributed by atoms with Crippen molar-refractivity contribution >= 4 is 0 Å². The van der Waals surface area contributed by atoms with Gasteiger partial charge in [-0.2, -0.15) is 0 Å². The highest BCUT2D eigenvalue weighted by atomic mass is 15.3. The molecule has 1 saturated heterocycles. The topological polar surface area (TPSA) is 15.3 Å². The van der Waals surface area contributed by atoms with Crippen molar-refractivity contribution in [2.45, 2.75) is 90.1 Å². The predicted octanol–water partition coefficient (Wildman–Crippen LogP) is 4.20. The monoisotopic (exact) mass is 280 g/mol. The van der Waals surface area contributed by atoms with Crippen molar-refractivity contribution in [2.75, 3.05) is 19.6 Å². The molecule has 1 saturated carbocycles. The van der Waals surface area contributed by atoms with Gasteiger partial charge in [0.25, 0.3) is 0 Å². The zero-order chi connectivity index (χ0) is 14.4. The number of rotatable bonds is 6. The Kier molecular flexibility index (Phi) is 6.35. The predicted molar refractivity (Wildman–Crippen MR) is 88.2 cm³/mol. The number of piperazine rings is 1. The molecule has 0 radical (unpaired) electrons. The summed E-state index contributed by atoms with van der Waals surface area (Å²) in [6, 6.07) is 0.761. The molecular formula is C18H36N2. The summed E-state index contributed by atoms with van der Waals surface area (Å²) in [6.07, 6.45) is 12.7. The highest BCUT2D eigenvalue weighted by Gasteiger charge is 2.38. The second-order valence-corrected chi connectivity index (χ2v) is 7.39. The fourth-order valence-corrected chi connectivity index (χ4v) is 4.10. The van der Waals surface area contributed by atoms with Crippen LogP contribution in [-0.2, 0) is 0 Å². The molecule has 0 amide bonds. The smallest absolute Gasteiger partial charge is 0.0303 e. The molecule has 2 rings (SSSR count). The molecule has 2 aliphatic rings. The van der Waals surface area contributed by atoms with Crippen molar-refractivity contribution in [3.63, 3.8) is 0 Å². The van der Waals surface area contributed by atoms with E-state index in [0.29, 0.717) is 5.54 Å². The Labute approximate surface area is 126 Å². The van der Waals surface area contributed by atoms with E-state index in [1.54, 1.807) is 0 Å². The second kappa shape index (κ2) is 7.79. The zero-order valence-electron chi connectivity index (χ0n) is 14.1. The third-order valence-electron chi connectivity index (χ3n) is 5.94. The number of unbranched alkanes of at least 4 members (excludes halogenated alkanes) is 2. The third-order valence-corrected chi connectivity index (χ3v) is 5.94. The summed E-state index contributed by atoms with van der Waals surface area (Å²) in [5.74, 6) is 0.943. The summed E-state index contributed by atoms with van der Waals surface area (Å²) < 4.78 is 0. The lowest BCUT2D eigenvalue weighted by atomic mass is 9.80. The van der Waals surface area contributed by atoms with E-state index in [0.717, 1.165) is 12.0 Å². The standard InChI is InChI=1S/C18H36N2/c1-4-6-10-13-20-14-17(16-11-8-7-9-12-16)19-15-18(20,3)5-2/h16-17,19H,4-15H2,1-3H3. The number of nitrogens with zero attached hydrogens (tertiary/aromatic N) is 1. The van der Waals surface area contributed by atoms with E-state index in [1.165, 1.54) is 77.4 Å². The average molecular weight is 280 g/mol. The maximum Gasteiger partial charge on any atom is 0.0303 e. The van der Waals surface area contributed by atoms with Gasteiger partial charge in [0.05, 0.1) is 0 Å². The SMILES string of the molecule is CCCCCN1CC(C2CCCCC2)NCC1(C)CC. The maximum absolute atomic E-state index is 3.91. The Balaban J connectivity index is 1.92. The highest BCUT2D eigenvalue weighted by molar-refractivity contribution is 4.97. The molecular weight excluding hydrogens is 244 g/mol. The van der Waals surface area contributed by atoms with Gasteiger partial charge in [0, 0.05) is 24.7 Å².